The highest BCUT2D eigenvalue weighted by Crippen LogP contribution is 2.13. The molecule has 0 bridgehead atoms. The molecule has 0 radical (unpaired) electrons. The van der Waals surface area contributed by atoms with Crippen LogP contribution in [-0.2, 0) is 23.0 Å². The number of amides is 1. The van der Waals surface area contributed by atoms with E-state index in [1.165, 1.54) is 5.56 Å². The molecular weight excluding hydrogens is 392 g/mol. The Balaban J connectivity index is 1.96. The lowest BCUT2D eigenvalue weighted by atomic mass is 10.1. The highest BCUT2D eigenvalue weighted by Gasteiger charge is 2.06. The Hall–Kier alpha value is -1.70. The van der Waals surface area contributed by atoms with Gasteiger partial charge in [-0.3, -0.25) is 4.79 Å². The van der Waals surface area contributed by atoms with Crippen LogP contribution in [-0.4, -0.2) is 25.9 Å². The van der Waals surface area contributed by atoms with Crippen molar-refractivity contribution in [3.8, 4) is 0 Å². The summed E-state index contributed by atoms with van der Waals surface area (Å²) < 4.78 is 24.6. The molecule has 2 N–H and O–H groups in total. The molecular formula is C17H19BrN2O3S. The van der Waals surface area contributed by atoms with Crippen LogP contribution < -0.4 is 10.0 Å². The Morgan fingerprint density at radius 3 is 2.12 bits per heavy atom. The minimum Gasteiger partial charge on any atom is -0.322 e. The number of rotatable bonds is 7. The summed E-state index contributed by atoms with van der Waals surface area (Å²) in [7, 11) is -3.22. The summed E-state index contributed by atoms with van der Waals surface area (Å²) in [5, 5.41) is 3.71. The average molecular weight is 411 g/mol. The summed E-state index contributed by atoms with van der Waals surface area (Å²) in [4.78, 5) is 12.2. The number of nitrogens with one attached hydrogen (secondary N) is 2. The van der Waals surface area contributed by atoms with E-state index in [0.717, 1.165) is 23.6 Å². The number of alkyl halides is 1. The third-order valence-corrected chi connectivity index (χ3v) is 4.41. The lowest BCUT2D eigenvalue weighted by Crippen LogP contribution is -2.21. The number of carbonyl (C=O) groups is 1. The number of sulfonamides is 1. The Labute approximate surface area is 150 Å². The summed E-state index contributed by atoms with van der Waals surface area (Å²) in [6.07, 6.45) is 2.04. The van der Waals surface area contributed by atoms with Crippen LogP contribution in [0.1, 0.15) is 21.5 Å². The van der Waals surface area contributed by atoms with Crippen LogP contribution in [0.5, 0.6) is 0 Å². The first-order chi connectivity index (χ1) is 11.4. The largest absolute Gasteiger partial charge is 0.322 e. The molecule has 2 aromatic rings. The molecule has 128 valence electrons. The molecule has 0 aliphatic carbocycles. The monoisotopic (exact) mass is 410 g/mol. The van der Waals surface area contributed by atoms with Crippen molar-refractivity contribution in [1.29, 1.82) is 0 Å². The molecule has 24 heavy (non-hydrogen) atoms. The molecule has 0 aromatic heterocycles. The molecule has 1 amide bonds. The second kappa shape index (κ2) is 8.41. The van der Waals surface area contributed by atoms with Gasteiger partial charge in [0.05, 0.1) is 6.26 Å². The van der Waals surface area contributed by atoms with Crippen LogP contribution in [0, 0.1) is 0 Å². The minimum atomic E-state index is -3.22. The fourth-order valence-electron chi connectivity index (χ4n) is 2.06. The minimum absolute atomic E-state index is 0.178. The number of hydrogen-bond donors (Lipinski definition) is 2. The molecule has 0 unspecified atom stereocenters. The van der Waals surface area contributed by atoms with E-state index in [1.54, 1.807) is 36.4 Å². The molecule has 7 heteroatoms. The molecule has 5 nitrogen and oxygen atoms in total. The van der Waals surface area contributed by atoms with Crippen molar-refractivity contribution in [1.82, 2.24) is 4.72 Å². The normalized spacial score (nSPS) is 11.2. The van der Waals surface area contributed by atoms with Gasteiger partial charge in [0, 0.05) is 23.1 Å². The summed E-state index contributed by atoms with van der Waals surface area (Å²) in [5.74, 6) is -0.178. The third kappa shape index (κ3) is 6.07. The zero-order chi connectivity index (χ0) is 17.6. The standard InChI is InChI=1S/C17H19BrN2O3S/c1-24(22,23)19-12-14-4-8-16(9-5-14)20-17(21)15-6-2-13(3-7-15)10-11-18/h2-9,19H,10-12H2,1H3,(H,20,21). The van der Waals surface area contributed by atoms with Gasteiger partial charge in [-0.15, -0.1) is 0 Å². The number of carbonyl (C=O) groups excluding carboxylic acids is 1. The van der Waals surface area contributed by atoms with Crippen molar-refractivity contribution in [2.45, 2.75) is 13.0 Å². The van der Waals surface area contributed by atoms with Gasteiger partial charge in [-0.1, -0.05) is 40.2 Å². The van der Waals surface area contributed by atoms with Crippen LogP contribution in [0.3, 0.4) is 0 Å². The molecule has 0 aliphatic heterocycles. The van der Waals surface area contributed by atoms with E-state index >= 15 is 0 Å². The highest BCUT2D eigenvalue weighted by atomic mass is 79.9. The molecule has 2 aromatic carbocycles. The Morgan fingerprint density at radius 2 is 1.58 bits per heavy atom. The van der Waals surface area contributed by atoms with E-state index in [1.807, 2.05) is 12.1 Å². The summed E-state index contributed by atoms with van der Waals surface area (Å²) >= 11 is 3.39. The fraction of sp³-hybridized carbons (Fsp3) is 0.235. The topological polar surface area (TPSA) is 75.3 Å². The van der Waals surface area contributed by atoms with Gasteiger partial charge in [0.2, 0.25) is 10.0 Å². The van der Waals surface area contributed by atoms with Gasteiger partial charge in [0.25, 0.3) is 5.91 Å². The van der Waals surface area contributed by atoms with Crippen molar-refractivity contribution in [3.63, 3.8) is 0 Å². The average Bonchev–Trinajstić information content (AvgIpc) is 2.54. The van der Waals surface area contributed by atoms with Gasteiger partial charge in [-0.25, -0.2) is 13.1 Å². The van der Waals surface area contributed by atoms with Crippen molar-refractivity contribution < 1.29 is 13.2 Å². The van der Waals surface area contributed by atoms with Gasteiger partial charge in [0.1, 0.15) is 0 Å². The lowest BCUT2D eigenvalue weighted by molar-refractivity contribution is 0.102. The van der Waals surface area contributed by atoms with Crippen LogP contribution in [0.15, 0.2) is 48.5 Å². The zero-order valence-electron chi connectivity index (χ0n) is 13.3. The molecule has 0 spiro atoms. The van der Waals surface area contributed by atoms with Crippen molar-refractivity contribution in [2.24, 2.45) is 0 Å². The maximum atomic E-state index is 12.2. The smallest absolute Gasteiger partial charge is 0.255 e. The molecule has 2 rings (SSSR count). The summed E-state index contributed by atoms with van der Waals surface area (Å²) in [5.41, 5.74) is 3.24. The molecule has 0 heterocycles. The van der Waals surface area contributed by atoms with E-state index in [-0.39, 0.29) is 12.5 Å². The van der Waals surface area contributed by atoms with E-state index in [2.05, 4.69) is 26.0 Å². The SMILES string of the molecule is CS(=O)(=O)NCc1ccc(NC(=O)c2ccc(CCBr)cc2)cc1. The maximum Gasteiger partial charge on any atom is 0.255 e. The number of anilines is 1. The Bertz CT molecular complexity index is 788. The number of halogens is 1. The molecule has 0 fully saturated rings. The number of benzene rings is 2. The molecule has 0 saturated carbocycles. The lowest BCUT2D eigenvalue weighted by Gasteiger charge is -2.08. The van der Waals surface area contributed by atoms with Gasteiger partial charge in [0.15, 0.2) is 0 Å². The molecule has 0 saturated heterocycles. The van der Waals surface area contributed by atoms with Crippen molar-refractivity contribution in [3.05, 3.63) is 65.2 Å². The summed E-state index contributed by atoms with van der Waals surface area (Å²) in [6.45, 7) is 0.224. The van der Waals surface area contributed by atoms with Crippen molar-refractivity contribution in [2.75, 3.05) is 16.9 Å². The highest BCUT2D eigenvalue weighted by molar-refractivity contribution is 9.09. The van der Waals surface area contributed by atoms with E-state index in [9.17, 15) is 13.2 Å². The number of hydrogen-bond acceptors (Lipinski definition) is 3. The predicted octanol–water partition coefficient (Wildman–Crippen LogP) is 2.93. The first-order valence-electron chi connectivity index (χ1n) is 7.37. The van der Waals surface area contributed by atoms with Crippen LogP contribution in [0.4, 0.5) is 5.69 Å². The maximum absolute atomic E-state index is 12.2. The summed E-state index contributed by atoms with van der Waals surface area (Å²) in [6, 6.07) is 14.5. The molecule has 0 aliphatic rings. The first kappa shape index (κ1) is 18.6. The zero-order valence-corrected chi connectivity index (χ0v) is 15.7. The Morgan fingerprint density at radius 1 is 1.00 bits per heavy atom. The van der Waals surface area contributed by atoms with Gasteiger partial charge in [-0.05, 0) is 41.8 Å². The molecule has 0 atom stereocenters. The second-order valence-electron chi connectivity index (χ2n) is 5.38. The van der Waals surface area contributed by atoms with Gasteiger partial charge < -0.3 is 5.32 Å². The fourth-order valence-corrected chi connectivity index (χ4v) is 2.94. The third-order valence-electron chi connectivity index (χ3n) is 3.35. The quantitative estimate of drug-likeness (QED) is 0.688. The van der Waals surface area contributed by atoms with Gasteiger partial charge in [-0.2, -0.15) is 0 Å². The Kier molecular flexibility index (Phi) is 6.53. The van der Waals surface area contributed by atoms with Crippen LogP contribution in [0.25, 0.3) is 0 Å². The van der Waals surface area contributed by atoms with E-state index in [0.29, 0.717) is 11.3 Å². The van der Waals surface area contributed by atoms with E-state index in [4.69, 9.17) is 0 Å². The van der Waals surface area contributed by atoms with Crippen molar-refractivity contribution >= 4 is 37.5 Å². The van der Waals surface area contributed by atoms with E-state index < -0.39 is 10.0 Å². The number of aryl methyl sites for hydroxylation is 1. The van der Waals surface area contributed by atoms with Gasteiger partial charge >= 0.3 is 0 Å². The predicted molar refractivity (Wildman–Crippen MR) is 100 cm³/mol. The van der Waals surface area contributed by atoms with Crippen LogP contribution in [0.2, 0.25) is 0 Å². The van der Waals surface area contributed by atoms with Crippen LogP contribution >= 0.6 is 15.9 Å². The first-order valence-corrected chi connectivity index (χ1v) is 10.4. The second-order valence-corrected chi connectivity index (χ2v) is 8.01.